The summed E-state index contributed by atoms with van der Waals surface area (Å²) < 4.78 is 28.5. The number of sulfonamides is 1. The molecule has 158 valence electrons. The van der Waals surface area contributed by atoms with Crippen molar-refractivity contribution in [3.63, 3.8) is 0 Å². The standard InChI is InChI=1S/C20H23N5O3S2/c1-4-25-19(15-8-6-5-7-9-15)23-24-20(25)29-13-18(26)22-16-11-10-14(2)17(12-16)30(27,28)21-3/h5-12,21H,4,13H2,1-3H3,(H,22,26). The molecule has 30 heavy (non-hydrogen) atoms. The Morgan fingerprint density at radius 1 is 1.13 bits per heavy atom. The predicted octanol–water partition coefficient (Wildman–Crippen LogP) is 2.91. The molecule has 0 spiro atoms. The number of rotatable bonds is 8. The lowest BCUT2D eigenvalue weighted by atomic mass is 10.2. The van der Waals surface area contributed by atoms with Crippen LogP contribution in [0, 0.1) is 6.92 Å². The van der Waals surface area contributed by atoms with E-state index in [4.69, 9.17) is 0 Å². The van der Waals surface area contributed by atoms with Crippen LogP contribution in [0.2, 0.25) is 0 Å². The molecular weight excluding hydrogens is 422 g/mol. The lowest BCUT2D eigenvalue weighted by Gasteiger charge is -2.10. The van der Waals surface area contributed by atoms with Gasteiger partial charge in [-0.15, -0.1) is 10.2 Å². The highest BCUT2D eigenvalue weighted by atomic mass is 32.2. The zero-order valence-corrected chi connectivity index (χ0v) is 18.5. The van der Waals surface area contributed by atoms with Gasteiger partial charge < -0.3 is 9.88 Å². The first-order chi connectivity index (χ1) is 14.4. The van der Waals surface area contributed by atoms with Crippen molar-refractivity contribution in [2.45, 2.75) is 30.4 Å². The zero-order chi connectivity index (χ0) is 21.7. The fraction of sp³-hybridized carbons (Fsp3) is 0.250. The monoisotopic (exact) mass is 445 g/mol. The molecule has 3 aromatic rings. The lowest BCUT2D eigenvalue weighted by molar-refractivity contribution is -0.113. The molecule has 0 fully saturated rings. The van der Waals surface area contributed by atoms with Gasteiger partial charge in [0, 0.05) is 17.8 Å². The number of benzene rings is 2. The van der Waals surface area contributed by atoms with E-state index in [0.29, 0.717) is 23.0 Å². The molecule has 0 aliphatic heterocycles. The normalized spacial score (nSPS) is 11.4. The number of anilines is 1. The molecular formula is C20H23N5O3S2. The van der Waals surface area contributed by atoms with Gasteiger partial charge in [0.1, 0.15) is 0 Å². The molecule has 10 heteroatoms. The maximum Gasteiger partial charge on any atom is 0.240 e. The van der Waals surface area contributed by atoms with E-state index in [1.54, 1.807) is 19.1 Å². The molecule has 0 aliphatic carbocycles. The molecule has 2 N–H and O–H groups in total. The van der Waals surface area contributed by atoms with Crippen LogP contribution in [0.15, 0.2) is 58.6 Å². The molecule has 0 atom stereocenters. The van der Waals surface area contributed by atoms with Crippen molar-refractivity contribution < 1.29 is 13.2 Å². The molecule has 3 rings (SSSR count). The minimum atomic E-state index is -3.60. The summed E-state index contributed by atoms with van der Waals surface area (Å²) in [6.07, 6.45) is 0. The van der Waals surface area contributed by atoms with E-state index < -0.39 is 10.0 Å². The third-order valence-electron chi connectivity index (χ3n) is 4.43. The van der Waals surface area contributed by atoms with E-state index in [9.17, 15) is 13.2 Å². The van der Waals surface area contributed by atoms with Crippen LogP contribution in [0.4, 0.5) is 5.69 Å². The Hall–Kier alpha value is -2.69. The molecule has 0 saturated carbocycles. The van der Waals surface area contributed by atoms with Crippen LogP contribution < -0.4 is 10.0 Å². The van der Waals surface area contributed by atoms with Crippen LogP contribution in [0.3, 0.4) is 0 Å². The van der Waals surface area contributed by atoms with Gasteiger partial charge >= 0.3 is 0 Å². The number of nitrogens with zero attached hydrogens (tertiary/aromatic N) is 3. The highest BCUT2D eigenvalue weighted by Crippen LogP contribution is 2.24. The number of aromatic nitrogens is 3. The van der Waals surface area contributed by atoms with Crippen molar-refractivity contribution in [2.24, 2.45) is 0 Å². The molecule has 2 aromatic carbocycles. The SMILES string of the molecule is CCn1c(SCC(=O)Nc2ccc(C)c(S(=O)(=O)NC)c2)nnc1-c1ccccc1. The predicted molar refractivity (Wildman–Crippen MR) is 118 cm³/mol. The minimum Gasteiger partial charge on any atom is -0.325 e. The van der Waals surface area contributed by atoms with Crippen LogP contribution >= 0.6 is 11.8 Å². The maximum atomic E-state index is 12.4. The fourth-order valence-electron chi connectivity index (χ4n) is 2.89. The van der Waals surface area contributed by atoms with E-state index >= 15 is 0 Å². The van der Waals surface area contributed by atoms with E-state index in [1.165, 1.54) is 24.9 Å². The van der Waals surface area contributed by atoms with Crippen LogP contribution in [-0.4, -0.2) is 41.9 Å². The molecule has 0 aliphatic rings. The largest absolute Gasteiger partial charge is 0.325 e. The van der Waals surface area contributed by atoms with Gasteiger partial charge in [-0.25, -0.2) is 13.1 Å². The summed E-state index contributed by atoms with van der Waals surface area (Å²) in [4.78, 5) is 12.6. The molecule has 8 nitrogen and oxygen atoms in total. The Morgan fingerprint density at radius 2 is 1.87 bits per heavy atom. The molecule has 0 saturated heterocycles. The highest BCUT2D eigenvalue weighted by molar-refractivity contribution is 7.99. The van der Waals surface area contributed by atoms with Crippen LogP contribution in [-0.2, 0) is 21.4 Å². The molecule has 1 aromatic heterocycles. The summed E-state index contributed by atoms with van der Waals surface area (Å²) in [7, 11) is -2.25. The second-order valence-corrected chi connectivity index (χ2v) is 9.24. The van der Waals surface area contributed by atoms with Gasteiger partial charge in [-0.2, -0.15) is 0 Å². The summed E-state index contributed by atoms with van der Waals surface area (Å²) in [5.74, 6) is 0.611. The van der Waals surface area contributed by atoms with E-state index in [0.717, 1.165) is 11.4 Å². The molecule has 1 heterocycles. The van der Waals surface area contributed by atoms with Crippen molar-refractivity contribution in [2.75, 3.05) is 18.1 Å². The molecule has 0 radical (unpaired) electrons. The summed E-state index contributed by atoms with van der Waals surface area (Å²) in [5.41, 5.74) is 1.98. The third kappa shape index (κ3) is 4.89. The van der Waals surface area contributed by atoms with Gasteiger partial charge in [-0.1, -0.05) is 48.2 Å². The Labute approximate surface area is 180 Å². The van der Waals surface area contributed by atoms with Crippen molar-refractivity contribution in [3.8, 4) is 11.4 Å². The average molecular weight is 446 g/mol. The van der Waals surface area contributed by atoms with Crippen LogP contribution in [0.25, 0.3) is 11.4 Å². The van der Waals surface area contributed by atoms with Gasteiger partial charge in [-0.05, 0) is 38.6 Å². The maximum absolute atomic E-state index is 12.4. The number of carbonyl (C=O) groups excluding carboxylic acids is 1. The van der Waals surface area contributed by atoms with E-state index in [1.807, 2.05) is 41.8 Å². The summed E-state index contributed by atoms with van der Waals surface area (Å²) >= 11 is 1.28. The molecule has 0 bridgehead atoms. The lowest BCUT2D eigenvalue weighted by Crippen LogP contribution is -2.20. The Bertz CT molecular complexity index is 1140. The number of carbonyl (C=O) groups is 1. The van der Waals surface area contributed by atoms with E-state index in [2.05, 4.69) is 20.2 Å². The van der Waals surface area contributed by atoms with Gasteiger partial charge in [0.25, 0.3) is 0 Å². The number of hydrogen-bond acceptors (Lipinski definition) is 6. The zero-order valence-electron chi connectivity index (χ0n) is 16.9. The summed E-state index contributed by atoms with van der Waals surface area (Å²) in [6.45, 7) is 4.37. The van der Waals surface area contributed by atoms with Gasteiger partial charge in [-0.3, -0.25) is 4.79 Å². The topological polar surface area (TPSA) is 106 Å². The van der Waals surface area contributed by atoms with Crippen molar-refractivity contribution in [3.05, 3.63) is 54.1 Å². The third-order valence-corrected chi connectivity index (χ3v) is 6.95. The van der Waals surface area contributed by atoms with Crippen molar-refractivity contribution in [1.29, 1.82) is 0 Å². The van der Waals surface area contributed by atoms with Crippen LogP contribution in [0.5, 0.6) is 0 Å². The fourth-order valence-corrected chi connectivity index (χ4v) is 4.68. The number of amides is 1. The van der Waals surface area contributed by atoms with Gasteiger partial charge in [0.2, 0.25) is 15.9 Å². The van der Waals surface area contributed by atoms with Crippen molar-refractivity contribution in [1.82, 2.24) is 19.5 Å². The highest BCUT2D eigenvalue weighted by Gasteiger charge is 2.17. The Kier molecular flexibility index (Phi) is 6.91. The second-order valence-electron chi connectivity index (χ2n) is 6.44. The Morgan fingerprint density at radius 3 is 2.53 bits per heavy atom. The number of nitrogens with one attached hydrogen (secondary N) is 2. The van der Waals surface area contributed by atoms with Gasteiger partial charge in [0.05, 0.1) is 10.6 Å². The minimum absolute atomic E-state index is 0.120. The first-order valence-corrected chi connectivity index (χ1v) is 11.8. The number of thioether (sulfide) groups is 1. The Balaban J connectivity index is 1.70. The first-order valence-electron chi connectivity index (χ1n) is 9.31. The number of hydrogen-bond donors (Lipinski definition) is 2. The van der Waals surface area contributed by atoms with Gasteiger partial charge in [0.15, 0.2) is 11.0 Å². The molecule has 0 unspecified atom stereocenters. The molecule has 1 amide bonds. The van der Waals surface area contributed by atoms with Crippen molar-refractivity contribution >= 4 is 33.4 Å². The first kappa shape index (κ1) is 22.0. The quantitative estimate of drug-likeness (QED) is 0.517. The summed E-state index contributed by atoms with van der Waals surface area (Å²) in [5, 5.41) is 11.9. The summed E-state index contributed by atoms with van der Waals surface area (Å²) in [6, 6.07) is 14.5. The smallest absolute Gasteiger partial charge is 0.240 e. The average Bonchev–Trinajstić information content (AvgIpc) is 3.17. The number of aryl methyl sites for hydroxylation is 1. The van der Waals surface area contributed by atoms with Crippen LogP contribution in [0.1, 0.15) is 12.5 Å². The second kappa shape index (κ2) is 9.41. The van der Waals surface area contributed by atoms with E-state index in [-0.39, 0.29) is 16.6 Å².